The van der Waals surface area contributed by atoms with Crippen LogP contribution in [0.5, 0.6) is 0 Å². The van der Waals surface area contributed by atoms with Crippen LogP contribution in [0.3, 0.4) is 0 Å². The summed E-state index contributed by atoms with van der Waals surface area (Å²) in [5.41, 5.74) is 0. The van der Waals surface area contributed by atoms with Gasteiger partial charge in [0.1, 0.15) is 0 Å². The average Bonchev–Trinajstić information content (AvgIpc) is 2.67. The summed E-state index contributed by atoms with van der Waals surface area (Å²) in [4.78, 5) is 0. The summed E-state index contributed by atoms with van der Waals surface area (Å²) in [6.45, 7) is 0.355. The Labute approximate surface area is 86.4 Å². The van der Waals surface area contributed by atoms with Crippen LogP contribution in [-0.2, 0) is 0 Å². The number of nitrogens with one attached hydrogen (secondary N) is 1. The van der Waals surface area contributed by atoms with Crippen molar-refractivity contribution < 1.29 is 5.11 Å². The van der Waals surface area contributed by atoms with Crippen LogP contribution in [0.2, 0.25) is 0 Å². The Bertz CT molecular complexity index is 202. The molecule has 0 heterocycles. The highest BCUT2D eigenvalue weighted by molar-refractivity contribution is 4.99. The van der Waals surface area contributed by atoms with Gasteiger partial charge in [0.05, 0.1) is 0 Å². The van der Waals surface area contributed by atoms with E-state index in [0.717, 1.165) is 0 Å². The van der Waals surface area contributed by atoms with Crippen LogP contribution in [0.25, 0.3) is 0 Å². The van der Waals surface area contributed by atoms with Crippen LogP contribution in [0.4, 0.5) is 0 Å². The van der Waals surface area contributed by atoms with E-state index in [2.05, 4.69) is 17.5 Å². The molecule has 1 unspecified atom stereocenters. The Morgan fingerprint density at radius 1 is 1.21 bits per heavy atom. The number of hydrogen-bond acceptors (Lipinski definition) is 2. The van der Waals surface area contributed by atoms with Gasteiger partial charge in [-0.15, -0.1) is 0 Å². The normalized spacial score (nSPS) is 37.6. The molecule has 0 aromatic carbocycles. The molecular weight excluding hydrogens is 174 g/mol. The molecule has 80 valence electrons. The zero-order valence-corrected chi connectivity index (χ0v) is 8.78. The van der Waals surface area contributed by atoms with Crippen LogP contribution in [-0.4, -0.2) is 23.8 Å². The highest BCUT2D eigenvalue weighted by atomic mass is 16.3. The molecule has 0 amide bonds. The molecule has 0 saturated heterocycles. The lowest BCUT2D eigenvalue weighted by Gasteiger charge is -2.26. The Balaban J connectivity index is 1.83. The smallest absolute Gasteiger partial charge is 0.0474 e. The first-order chi connectivity index (χ1) is 6.90. The third-order valence-electron chi connectivity index (χ3n) is 3.58. The molecular formula is C12H21NO. The largest absolute Gasteiger partial charge is 0.396 e. The van der Waals surface area contributed by atoms with Crippen molar-refractivity contribution in [1.29, 1.82) is 0 Å². The summed E-state index contributed by atoms with van der Waals surface area (Å²) in [5.74, 6) is 0.505. The monoisotopic (exact) mass is 195 g/mol. The third kappa shape index (κ3) is 2.37. The van der Waals surface area contributed by atoms with E-state index in [4.69, 9.17) is 0 Å². The number of allylic oxidation sites excluding steroid dienone is 1. The molecule has 0 aliphatic heterocycles. The number of aliphatic hydroxyl groups excluding tert-OH is 1. The Morgan fingerprint density at radius 2 is 2.14 bits per heavy atom. The predicted molar refractivity (Wildman–Crippen MR) is 58.1 cm³/mol. The third-order valence-corrected chi connectivity index (χ3v) is 3.58. The molecule has 0 spiro atoms. The van der Waals surface area contributed by atoms with Crippen LogP contribution < -0.4 is 5.32 Å². The van der Waals surface area contributed by atoms with Crippen molar-refractivity contribution in [3.63, 3.8) is 0 Å². The molecule has 2 aliphatic rings. The Kier molecular flexibility index (Phi) is 3.60. The summed E-state index contributed by atoms with van der Waals surface area (Å²) >= 11 is 0. The maximum Gasteiger partial charge on any atom is 0.0474 e. The molecule has 1 saturated carbocycles. The second kappa shape index (κ2) is 4.94. The van der Waals surface area contributed by atoms with Crippen molar-refractivity contribution in [2.75, 3.05) is 6.61 Å². The zero-order valence-electron chi connectivity index (χ0n) is 8.78. The molecule has 0 bridgehead atoms. The van der Waals surface area contributed by atoms with Crippen molar-refractivity contribution in [2.45, 2.75) is 50.6 Å². The van der Waals surface area contributed by atoms with Crippen LogP contribution in [0, 0.1) is 5.92 Å². The van der Waals surface area contributed by atoms with E-state index >= 15 is 0 Å². The molecule has 0 aromatic heterocycles. The minimum Gasteiger partial charge on any atom is -0.396 e. The molecule has 14 heavy (non-hydrogen) atoms. The topological polar surface area (TPSA) is 32.3 Å². The van der Waals surface area contributed by atoms with Crippen molar-refractivity contribution in [3.05, 3.63) is 12.2 Å². The Morgan fingerprint density at radius 3 is 2.86 bits per heavy atom. The molecule has 2 heteroatoms. The zero-order chi connectivity index (χ0) is 9.80. The van der Waals surface area contributed by atoms with Gasteiger partial charge < -0.3 is 10.4 Å². The average molecular weight is 195 g/mol. The second-order valence-corrected chi connectivity index (χ2v) is 4.61. The predicted octanol–water partition coefficient (Wildman–Crippen LogP) is 1.85. The number of rotatable bonds is 3. The molecule has 2 N–H and O–H groups in total. The van der Waals surface area contributed by atoms with E-state index in [1.807, 2.05) is 0 Å². The van der Waals surface area contributed by atoms with E-state index in [1.54, 1.807) is 0 Å². The standard InChI is InChI=1S/C12H21NO/c14-9-10-5-4-8-12(10)13-11-6-2-1-3-7-11/h2,6,10-14H,1,3-5,7-9H2/t10-,11?,12-/m0/s1. The fourth-order valence-electron chi connectivity index (χ4n) is 2.70. The van der Waals surface area contributed by atoms with Gasteiger partial charge in [-0.3, -0.25) is 0 Å². The number of aliphatic hydroxyl groups is 1. The molecule has 0 radical (unpaired) electrons. The van der Waals surface area contributed by atoms with Gasteiger partial charge in [0, 0.05) is 18.7 Å². The van der Waals surface area contributed by atoms with Gasteiger partial charge in [-0.05, 0) is 38.0 Å². The summed E-state index contributed by atoms with van der Waals surface area (Å²) in [5, 5.41) is 12.9. The maximum absolute atomic E-state index is 9.21. The van der Waals surface area contributed by atoms with E-state index in [-0.39, 0.29) is 0 Å². The first-order valence-electron chi connectivity index (χ1n) is 5.93. The maximum atomic E-state index is 9.21. The van der Waals surface area contributed by atoms with E-state index in [0.29, 0.717) is 24.6 Å². The van der Waals surface area contributed by atoms with Crippen molar-refractivity contribution in [3.8, 4) is 0 Å². The van der Waals surface area contributed by atoms with E-state index in [9.17, 15) is 5.11 Å². The summed E-state index contributed by atoms with van der Waals surface area (Å²) in [6, 6.07) is 1.13. The quantitative estimate of drug-likeness (QED) is 0.674. The van der Waals surface area contributed by atoms with E-state index < -0.39 is 0 Å². The summed E-state index contributed by atoms with van der Waals surface area (Å²) < 4.78 is 0. The molecule has 3 atom stereocenters. The molecule has 2 nitrogen and oxygen atoms in total. The highest BCUT2D eigenvalue weighted by Crippen LogP contribution is 2.26. The van der Waals surface area contributed by atoms with Gasteiger partial charge in [-0.2, -0.15) is 0 Å². The molecule has 0 aromatic rings. The van der Waals surface area contributed by atoms with Gasteiger partial charge in [0.15, 0.2) is 0 Å². The summed E-state index contributed by atoms with van der Waals surface area (Å²) in [7, 11) is 0. The van der Waals surface area contributed by atoms with Gasteiger partial charge in [0.25, 0.3) is 0 Å². The SMILES string of the molecule is OC[C@@H]1CCC[C@@H]1NC1C=CCCC1. The minimum absolute atomic E-state index is 0.355. The summed E-state index contributed by atoms with van der Waals surface area (Å²) in [6.07, 6.45) is 12.1. The lowest BCUT2D eigenvalue weighted by atomic mass is 9.99. The van der Waals surface area contributed by atoms with Gasteiger partial charge in [-0.1, -0.05) is 18.6 Å². The highest BCUT2D eigenvalue weighted by Gasteiger charge is 2.27. The van der Waals surface area contributed by atoms with Crippen LogP contribution >= 0.6 is 0 Å². The molecule has 2 rings (SSSR count). The van der Waals surface area contributed by atoms with Gasteiger partial charge in [0.2, 0.25) is 0 Å². The van der Waals surface area contributed by atoms with E-state index in [1.165, 1.54) is 38.5 Å². The fourth-order valence-corrected chi connectivity index (χ4v) is 2.70. The fraction of sp³-hybridized carbons (Fsp3) is 0.833. The Hall–Kier alpha value is -0.340. The lowest BCUT2D eigenvalue weighted by molar-refractivity contribution is 0.201. The van der Waals surface area contributed by atoms with Crippen molar-refractivity contribution in [1.82, 2.24) is 5.32 Å². The number of hydrogen-bond donors (Lipinski definition) is 2. The minimum atomic E-state index is 0.355. The first-order valence-corrected chi connectivity index (χ1v) is 5.93. The first kappa shape index (κ1) is 10.2. The van der Waals surface area contributed by atoms with Gasteiger partial charge >= 0.3 is 0 Å². The van der Waals surface area contributed by atoms with Crippen LogP contribution in [0.1, 0.15) is 38.5 Å². The van der Waals surface area contributed by atoms with Crippen molar-refractivity contribution in [2.24, 2.45) is 5.92 Å². The lowest BCUT2D eigenvalue weighted by Crippen LogP contribution is -2.41. The molecule has 1 fully saturated rings. The second-order valence-electron chi connectivity index (χ2n) is 4.61. The molecule has 2 aliphatic carbocycles. The van der Waals surface area contributed by atoms with Crippen molar-refractivity contribution >= 4 is 0 Å². The van der Waals surface area contributed by atoms with Crippen LogP contribution in [0.15, 0.2) is 12.2 Å². The van der Waals surface area contributed by atoms with Gasteiger partial charge in [-0.25, -0.2) is 0 Å².